The lowest BCUT2D eigenvalue weighted by atomic mass is 10.2. The van der Waals surface area contributed by atoms with Crippen LogP contribution in [0.25, 0.3) is 10.1 Å². The number of hydrogen-bond acceptors (Lipinski definition) is 8. The molecule has 0 bridgehead atoms. The summed E-state index contributed by atoms with van der Waals surface area (Å²) < 4.78 is 5.29. The van der Waals surface area contributed by atoms with Crippen LogP contribution in [0.4, 0.5) is 10.7 Å². The van der Waals surface area contributed by atoms with Gasteiger partial charge in [-0.3, -0.25) is 25.8 Å². The number of benzene rings is 1. The first kappa shape index (κ1) is 22.9. The predicted octanol–water partition coefficient (Wildman–Crippen LogP) is 4.50. The largest absolute Gasteiger partial charge is 0.465 e. The summed E-state index contributed by atoms with van der Waals surface area (Å²) in [6.07, 6.45) is 0.732. The molecule has 0 unspecified atom stereocenters. The lowest BCUT2D eigenvalue weighted by Gasteiger charge is -2.11. The molecule has 2 heterocycles. The zero-order valence-corrected chi connectivity index (χ0v) is 19.3. The van der Waals surface area contributed by atoms with E-state index in [1.54, 1.807) is 6.07 Å². The van der Waals surface area contributed by atoms with Gasteiger partial charge in [0.25, 0.3) is 11.6 Å². The number of esters is 1. The van der Waals surface area contributed by atoms with E-state index >= 15 is 0 Å². The number of thiocarbonyl (C=S) groups is 1. The molecule has 0 aliphatic carbocycles. The molecule has 0 aliphatic heterocycles. The topological polar surface area (TPSA) is 123 Å². The number of carbonyl (C=O) groups excluding carboxylic acids is 2. The second-order valence-corrected chi connectivity index (χ2v) is 8.99. The van der Waals surface area contributed by atoms with Crippen molar-refractivity contribution in [2.75, 3.05) is 12.4 Å². The number of hydrazine groups is 1. The van der Waals surface area contributed by atoms with Crippen molar-refractivity contribution in [1.82, 2.24) is 10.9 Å². The number of nitro groups is 1. The van der Waals surface area contributed by atoms with Gasteiger partial charge in [0.15, 0.2) is 5.11 Å². The van der Waals surface area contributed by atoms with E-state index in [2.05, 4.69) is 16.2 Å². The number of aryl methyl sites for hydroxylation is 1. The maximum atomic E-state index is 12.5. The van der Waals surface area contributed by atoms with E-state index in [1.165, 1.54) is 36.6 Å². The van der Waals surface area contributed by atoms with Crippen LogP contribution in [0.15, 0.2) is 24.3 Å². The standard InChI is InChI=1S/C18H15ClN4O5S3/c1-3-9-7-11(17(25)28-2)16(30-9)20-18(29)22-21-15(24)14-13(19)10-5-4-8(23(26)27)6-12(10)31-14/h4-7H,3H2,1-2H3,(H,21,24)(H2,20,22,29). The molecule has 0 aliphatic rings. The van der Waals surface area contributed by atoms with E-state index in [0.29, 0.717) is 20.7 Å². The number of non-ortho nitro benzene ring substituents is 1. The van der Waals surface area contributed by atoms with Gasteiger partial charge < -0.3 is 10.1 Å². The molecule has 1 amide bonds. The van der Waals surface area contributed by atoms with E-state index in [0.717, 1.165) is 22.6 Å². The normalized spacial score (nSPS) is 10.5. The molecule has 0 saturated carbocycles. The zero-order valence-electron chi connectivity index (χ0n) is 16.1. The van der Waals surface area contributed by atoms with Crippen LogP contribution in [-0.4, -0.2) is 29.0 Å². The summed E-state index contributed by atoms with van der Waals surface area (Å²) in [6, 6.07) is 5.90. The highest BCUT2D eigenvalue weighted by atomic mass is 35.5. The van der Waals surface area contributed by atoms with Crippen LogP contribution in [0.3, 0.4) is 0 Å². The Balaban J connectivity index is 1.70. The minimum atomic E-state index is -0.563. The summed E-state index contributed by atoms with van der Waals surface area (Å²) in [7, 11) is 1.29. The number of nitro benzene ring substituents is 1. The molecular weight excluding hydrogens is 484 g/mol. The van der Waals surface area contributed by atoms with Crippen molar-refractivity contribution < 1.29 is 19.2 Å². The van der Waals surface area contributed by atoms with Gasteiger partial charge in [0.05, 0.1) is 22.6 Å². The number of ether oxygens (including phenoxy) is 1. The number of anilines is 1. The average Bonchev–Trinajstić information content (AvgIpc) is 3.31. The van der Waals surface area contributed by atoms with E-state index in [1.807, 2.05) is 6.92 Å². The van der Waals surface area contributed by atoms with Crippen molar-refractivity contribution in [1.29, 1.82) is 0 Å². The molecule has 13 heteroatoms. The third-order valence-corrected chi connectivity index (χ3v) is 7.14. The molecule has 0 atom stereocenters. The number of rotatable bonds is 5. The Morgan fingerprint density at radius 2 is 2.00 bits per heavy atom. The third kappa shape index (κ3) is 4.93. The number of methoxy groups -OCH3 is 1. The van der Waals surface area contributed by atoms with E-state index < -0.39 is 16.8 Å². The number of nitrogens with one attached hydrogen (secondary N) is 3. The Morgan fingerprint density at radius 3 is 2.65 bits per heavy atom. The number of fused-ring (bicyclic) bond motifs is 1. The lowest BCUT2D eigenvalue weighted by molar-refractivity contribution is -0.384. The van der Waals surface area contributed by atoms with Crippen molar-refractivity contribution >= 4 is 84.3 Å². The molecule has 0 saturated heterocycles. The molecule has 31 heavy (non-hydrogen) atoms. The Bertz CT molecular complexity index is 1210. The fourth-order valence-corrected chi connectivity index (χ4v) is 5.24. The first-order chi connectivity index (χ1) is 14.7. The number of carbonyl (C=O) groups is 2. The van der Waals surface area contributed by atoms with Crippen molar-refractivity contribution in [2.45, 2.75) is 13.3 Å². The van der Waals surface area contributed by atoms with E-state index in [4.69, 9.17) is 28.6 Å². The van der Waals surface area contributed by atoms with Gasteiger partial charge in [0.1, 0.15) is 9.88 Å². The lowest BCUT2D eigenvalue weighted by Crippen LogP contribution is -2.43. The number of hydrogen-bond donors (Lipinski definition) is 3. The number of amides is 1. The number of nitrogens with zero attached hydrogens (tertiary/aromatic N) is 1. The van der Waals surface area contributed by atoms with Gasteiger partial charge in [-0.15, -0.1) is 22.7 Å². The second-order valence-electron chi connectivity index (χ2n) is 6.02. The second kappa shape index (κ2) is 9.56. The van der Waals surface area contributed by atoms with Crippen LogP contribution in [0.1, 0.15) is 31.8 Å². The van der Waals surface area contributed by atoms with E-state index in [9.17, 15) is 19.7 Å². The highest BCUT2D eigenvalue weighted by molar-refractivity contribution is 7.80. The number of halogens is 1. The Kier molecular flexibility index (Phi) is 7.05. The van der Waals surface area contributed by atoms with Crippen LogP contribution in [0.5, 0.6) is 0 Å². The van der Waals surface area contributed by atoms with Gasteiger partial charge in [0.2, 0.25) is 0 Å². The molecule has 9 nitrogen and oxygen atoms in total. The molecule has 0 spiro atoms. The predicted molar refractivity (Wildman–Crippen MR) is 125 cm³/mol. The highest BCUT2D eigenvalue weighted by Crippen LogP contribution is 2.37. The smallest absolute Gasteiger partial charge is 0.340 e. The molecule has 3 rings (SSSR count). The minimum absolute atomic E-state index is 0.0517. The Labute approximate surface area is 194 Å². The molecule has 1 aromatic carbocycles. The quantitative estimate of drug-likeness (QED) is 0.203. The minimum Gasteiger partial charge on any atom is -0.465 e. The van der Waals surface area contributed by atoms with Crippen molar-refractivity contribution in [3.8, 4) is 0 Å². The van der Waals surface area contributed by atoms with Gasteiger partial charge in [0, 0.05) is 27.1 Å². The first-order valence-corrected chi connectivity index (χ1v) is 11.1. The summed E-state index contributed by atoms with van der Waals surface area (Å²) in [5.74, 6) is -1.07. The summed E-state index contributed by atoms with van der Waals surface area (Å²) in [5, 5.41) is 15.1. The Morgan fingerprint density at radius 1 is 1.26 bits per heavy atom. The maximum absolute atomic E-state index is 12.5. The summed E-state index contributed by atoms with van der Waals surface area (Å²) >= 11 is 13.8. The van der Waals surface area contributed by atoms with Crippen molar-refractivity contribution in [2.24, 2.45) is 0 Å². The van der Waals surface area contributed by atoms with Crippen LogP contribution in [0, 0.1) is 10.1 Å². The first-order valence-electron chi connectivity index (χ1n) is 8.70. The Hall–Kier alpha value is -2.80. The van der Waals surface area contributed by atoms with Gasteiger partial charge in [-0.05, 0) is 30.8 Å². The SMILES string of the molecule is CCc1cc(C(=O)OC)c(NC(=S)NNC(=O)c2sc3cc([N+](=O)[O-])ccc3c2Cl)s1. The molecule has 3 aromatic rings. The molecule has 0 radical (unpaired) electrons. The number of thiophene rings is 2. The molecule has 0 fully saturated rings. The van der Waals surface area contributed by atoms with Gasteiger partial charge >= 0.3 is 5.97 Å². The summed E-state index contributed by atoms with van der Waals surface area (Å²) in [5.41, 5.74) is 5.24. The van der Waals surface area contributed by atoms with E-state index in [-0.39, 0.29) is 20.7 Å². The highest BCUT2D eigenvalue weighted by Gasteiger charge is 2.20. The molecule has 2 aromatic heterocycles. The fourth-order valence-electron chi connectivity index (χ4n) is 2.59. The van der Waals surface area contributed by atoms with Crippen LogP contribution in [-0.2, 0) is 11.2 Å². The summed E-state index contributed by atoms with van der Waals surface area (Å²) in [6.45, 7) is 1.96. The summed E-state index contributed by atoms with van der Waals surface area (Å²) in [4.78, 5) is 36.0. The monoisotopic (exact) mass is 498 g/mol. The van der Waals surface area contributed by atoms with Gasteiger partial charge in [-0.1, -0.05) is 18.5 Å². The zero-order chi connectivity index (χ0) is 22.7. The third-order valence-electron chi connectivity index (χ3n) is 4.08. The maximum Gasteiger partial charge on any atom is 0.340 e. The van der Waals surface area contributed by atoms with Crippen molar-refractivity contribution in [3.63, 3.8) is 0 Å². The average molecular weight is 499 g/mol. The molecular formula is C18H15ClN4O5S3. The molecule has 162 valence electrons. The molecule has 3 N–H and O–H groups in total. The van der Waals surface area contributed by atoms with Gasteiger partial charge in [-0.25, -0.2) is 4.79 Å². The van der Waals surface area contributed by atoms with Gasteiger partial charge in [-0.2, -0.15) is 0 Å². The fraction of sp³-hybridized carbons (Fsp3) is 0.167. The van der Waals surface area contributed by atoms with Crippen LogP contribution < -0.4 is 16.2 Å². The van der Waals surface area contributed by atoms with Crippen LogP contribution >= 0.6 is 46.5 Å². The van der Waals surface area contributed by atoms with Crippen molar-refractivity contribution in [3.05, 3.63) is 54.7 Å². The van der Waals surface area contributed by atoms with Crippen LogP contribution in [0.2, 0.25) is 5.02 Å².